The Kier molecular flexibility index (Phi) is 6.72. The van der Waals surface area contributed by atoms with Crippen LogP contribution in [-0.2, 0) is 16.0 Å². The lowest BCUT2D eigenvalue weighted by Crippen LogP contribution is -2.41. The fourth-order valence-electron chi connectivity index (χ4n) is 2.06. The van der Waals surface area contributed by atoms with Gasteiger partial charge in [0, 0.05) is 20.1 Å². The molecule has 0 aliphatic rings. The maximum absolute atomic E-state index is 12.2. The van der Waals surface area contributed by atoms with Gasteiger partial charge in [-0.05, 0) is 31.5 Å². The molecule has 2 amide bonds. The monoisotopic (exact) mass is 292 g/mol. The lowest BCUT2D eigenvalue weighted by molar-refractivity contribution is -0.138. The predicted octanol–water partition coefficient (Wildman–Crippen LogP) is 1.56. The number of hydrogen-bond acceptors (Lipinski definition) is 3. The molecule has 0 atom stereocenters. The largest absolute Gasteiger partial charge is 0.497 e. The summed E-state index contributed by atoms with van der Waals surface area (Å²) >= 11 is 0. The van der Waals surface area contributed by atoms with Crippen molar-refractivity contribution in [2.45, 2.75) is 20.3 Å². The van der Waals surface area contributed by atoms with Gasteiger partial charge < -0.3 is 14.5 Å². The SMILES string of the molecule is CCN(CC)C(=O)CN(C)C(=O)Cc1cccc(OC)c1. The third kappa shape index (κ3) is 5.10. The Bertz CT molecular complexity index is 484. The van der Waals surface area contributed by atoms with E-state index in [4.69, 9.17) is 4.74 Å². The maximum Gasteiger partial charge on any atom is 0.242 e. The Morgan fingerprint density at radius 2 is 1.81 bits per heavy atom. The van der Waals surface area contributed by atoms with Crippen LogP contribution in [0.1, 0.15) is 19.4 Å². The molecule has 0 aliphatic heterocycles. The van der Waals surface area contributed by atoms with Gasteiger partial charge in [-0.15, -0.1) is 0 Å². The number of benzene rings is 1. The van der Waals surface area contributed by atoms with E-state index in [1.807, 2.05) is 38.1 Å². The molecule has 0 N–H and O–H groups in total. The smallest absolute Gasteiger partial charge is 0.242 e. The first-order valence-electron chi connectivity index (χ1n) is 7.16. The van der Waals surface area contributed by atoms with Crippen LogP contribution in [0.25, 0.3) is 0 Å². The highest BCUT2D eigenvalue weighted by molar-refractivity contribution is 5.85. The highest BCUT2D eigenvalue weighted by Gasteiger charge is 2.16. The summed E-state index contributed by atoms with van der Waals surface area (Å²) in [6, 6.07) is 7.39. The van der Waals surface area contributed by atoms with Gasteiger partial charge in [0.15, 0.2) is 0 Å². The zero-order valence-electron chi connectivity index (χ0n) is 13.3. The second-order valence-electron chi connectivity index (χ2n) is 4.84. The van der Waals surface area contributed by atoms with Crippen LogP contribution in [0, 0.1) is 0 Å². The summed E-state index contributed by atoms with van der Waals surface area (Å²) in [6.07, 6.45) is 0.263. The fourth-order valence-corrected chi connectivity index (χ4v) is 2.06. The van der Waals surface area contributed by atoms with E-state index in [0.717, 1.165) is 11.3 Å². The molecule has 0 spiro atoms. The Morgan fingerprint density at radius 1 is 1.14 bits per heavy atom. The first kappa shape index (κ1) is 17.0. The van der Waals surface area contributed by atoms with Crippen molar-refractivity contribution >= 4 is 11.8 Å². The molecule has 0 heterocycles. The van der Waals surface area contributed by atoms with Crippen LogP contribution in [0.2, 0.25) is 0 Å². The molecule has 1 aromatic carbocycles. The summed E-state index contributed by atoms with van der Waals surface area (Å²) < 4.78 is 5.14. The van der Waals surface area contributed by atoms with Crippen molar-refractivity contribution < 1.29 is 14.3 Å². The number of hydrogen-bond donors (Lipinski definition) is 0. The first-order valence-corrected chi connectivity index (χ1v) is 7.16. The Morgan fingerprint density at radius 3 is 2.38 bits per heavy atom. The lowest BCUT2D eigenvalue weighted by Gasteiger charge is -2.23. The molecule has 1 rings (SSSR count). The summed E-state index contributed by atoms with van der Waals surface area (Å²) in [5.41, 5.74) is 0.876. The molecule has 0 aromatic heterocycles. The lowest BCUT2D eigenvalue weighted by atomic mass is 10.1. The van der Waals surface area contributed by atoms with Gasteiger partial charge in [-0.2, -0.15) is 0 Å². The van der Waals surface area contributed by atoms with Crippen molar-refractivity contribution in [2.24, 2.45) is 0 Å². The van der Waals surface area contributed by atoms with Gasteiger partial charge in [-0.3, -0.25) is 9.59 Å². The van der Waals surface area contributed by atoms with Gasteiger partial charge >= 0.3 is 0 Å². The Balaban J connectivity index is 2.60. The second-order valence-corrected chi connectivity index (χ2v) is 4.84. The van der Waals surface area contributed by atoms with E-state index in [0.29, 0.717) is 13.1 Å². The van der Waals surface area contributed by atoms with E-state index >= 15 is 0 Å². The minimum Gasteiger partial charge on any atom is -0.497 e. The highest BCUT2D eigenvalue weighted by Crippen LogP contribution is 2.13. The van der Waals surface area contributed by atoms with E-state index in [2.05, 4.69) is 0 Å². The molecule has 0 bridgehead atoms. The molecule has 0 aliphatic carbocycles. The molecular weight excluding hydrogens is 268 g/mol. The van der Waals surface area contributed by atoms with E-state index in [1.165, 1.54) is 4.90 Å². The molecule has 5 heteroatoms. The zero-order valence-corrected chi connectivity index (χ0v) is 13.3. The standard InChI is InChI=1S/C16H24N2O3/c1-5-18(6-2)16(20)12-17(3)15(19)11-13-8-7-9-14(10-13)21-4/h7-10H,5-6,11-12H2,1-4H3. The number of ether oxygens (including phenoxy) is 1. The normalized spacial score (nSPS) is 10.1. The Labute approximate surface area is 126 Å². The third-order valence-electron chi connectivity index (χ3n) is 3.40. The van der Waals surface area contributed by atoms with Gasteiger partial charge in [0.25, 0.3) is 0 Å². The van der Waals surface area contributed by atoms with Crippen molar-refractivity contribution in [3.8, 4) is 5.75 Å². The van der Waals surface area contributed by atoms with Crippen LogP contribution in [0.5, 0.6) is 5.75 Å². The summed E-state index contributed by atoms with van der Waals surface area (Å²) in [5.74, 6) is 0.618. The molecule has 0 saturated carbocycles. The summed E-state index contributed by atoms with van der Waals surface area (Å²) in [6.45, 7) is 5.30. The van der Waals surface area contributed by atoms with Crippen LogP contribution >= 0.6 is 0 Å². The van der Waals surface area contributed by atoms with Gasteiger partial charge in [0.05, 0.1) is 20.1 Å². The van der Waals surface area contributed by atoms with E-state index in [9.17, 15) is 9.59 Å². The highest BCUT2D eigenvalue weighted by atomic mass is 16.5. The van der Waals surface area contributed by atoms with Crippen molar-refractivity contribution in [3.05, 3.63) is 29.8 Å². The fraction of sp³-hybridized carbons (Fsp3) is 0.500. The van der Waals surface area contributed by atoms with E-state index in [-0.39, 0.29) is 24.8 Å². The average Bonchev–Trinajstić information content (AvgIpc) is 2.48. The molecule has 116 valence electrons. The van der Waals surface area contributed by atoms with Gasteiger partial charge in [0.1, 0.15) is 5.75 Å². The maximum atomic E-state index is 12.2. The second kappa shape index (κ2) is 8.29. The van der Waals surface area contributed by atoms with Crippen LogP contribution in [0.4, 0.5) is 0 Å². The quantitative estimate of drug-likeness (QED) is 0.766. The zero-order chi connectivity index (χ0) is 15.8. The van der Waals surface area contributed by atoms with Gasteiger partial charge in [0.2, 0.25) is 11.8 Å². The molecule has 1 aromatic rings. The number of carbonyl (C=O) groups is 2. The average molecular weight is 292 g/mol. The number of methoxy groups -OCH3 is 1. The molecule has 21 heavy (non-hydrogen) atoms. The van der Waals surface area contributed by atoms with E-state index in [1.54, 1.807) is 19.1 Å². The number of rotatable bonds is 7. The van der Waals surface area contributed by atoms with Gasteiger partial charge in [-0.25, -0.2) is 0 Å². The molecule has 0 unspecified atom stereocenters. The van der Waals surface area contributed by atoms with Crippen LogP contribution in [0.15, 0.2) is 24.3 Å². The molecule has 0 saturated heterocycles. The Hall–Kier alpha value is -2.04. The minimum absolute atomic E-state index is 0.0264. The number of likely N-dealkylation sites (N-methyl/N-ethyl adjacent to an activating group) is 2. The third-order valence-corrected chi connectivity index (χ3v) is 3.40. The number of carbonyl (C=O) groups excluding carboxylic acids is 2. The number of amides is 2. The summed E-state index contributed by atoms with van der Waals surface area (Å²) in [7, 11) is 3.25. The molecule has 0 fully saturated rings. The minimum atomic E-state index is -0.0799. The van der Waals surface area contributed by atoms with E-state index < -0.39 is 0 Å². The summed E-state index contributed by atoms with van der Waals surface area (Å²) in [4.78, 5) is 27.3. The van der Waals surface area contributed by atoms with Crippen molar-refractivity contribution in [1.82, 2.24) is 9.80 Å². The van der Waals surface area contributed by atoms with Crippen molar-refractivity contribution in [2.75, 3.05) is 33.8 Å². The number of nitrogens with zero attached hydrogens (tertiary/aromatic N) is 2. The van der Waals surface area contributed by atoms with Crippen LogP contribution in [-0.4, -0.2) is 55.4 Å². The topological polar surface area (TPSA) is 49.9 Å². The van der Waals surface area contributed by atoms with Crippen molar-refractivity contribution in [3.63, 3.8) is 0 Å². The summed E-state index contributed by atoms with van der Waals surface area (Å²) in [5, 5.41) is 0. The first-order chi connectivity index (χ1) is 10.0. The molecular formula is C16H24N2O3. The molecule has 5 nitrogen and oxygen atoms in total. The predicted molar refractivity (Wildman–Crippen MR) is 82.3 cm³/mol. The van der Waals surface area contributed by atoms with Crippen LogP contribution in [0.3, 0.4) is 0 Å². The van der Waals surface area contributed by atoms with Crippen LogP contribution < -0.4 is 4.74 Å². The molecule has 0 radical (unpaired) electrons. The van der Waals surface area contributed by atoms with Gasteiger partial charge in [-0.1, -0.05) is 12.1 Å². The van der Waals surface area contributed by atoms with Crippen molar-refractivity contribution in [1.29, 1.82) is 0 Å².